The first-order valence-corrected chi connectivity index (χ1v) is 24.8. The lowest BCUT2D eigenvalue weighted by Gasteiger charge is -2.37. The van der Waals surface area contributed by atoms with Gasteiger partial charge in [-0.3, -0.25) is 0 Å². The molecular weight excluding hydrogens is 641 g/mol. The minimum atomic E-state index is -1.82. The molecule has 6 nitrogen and oxygen atoms in total. The molecular formula is C41H62N2O4Si2. The highest BCUT2D eigenvalue weighted by Crippen LogP contribution is 2.50. The molecule has 2 aliphatic heterocycles. The molecule has 0 bridgehead atoms. The van der Waals surface area contributed by atoms with E-state index in [0.29, 0.717) is 0 Å². The number of hydrogen-bond acceptors (Lipinski definition) is 6. The van der Waals surface area contributed by atoms with E-state index in [9.17, 15) is 0 Å². The maximum Gasteiger partial charge on any atom is 0.200 e. The van der Waals surface area contributed by atoms with E-state index in [1.54, 1.807) is 0 Å². The summed E-state index contributed by atoms with van der Waals surface area (Å²) in [5.74, 6) is 1.69. The van der Waals surface area contributed by atoms with Gasteiger partial charge in [0, 0.05) is 26.1 Å². The van der Waals surface area contributed by atoms with Gasteiger partial charge in [0.2, 0.25) is 0 Å². The van der Waals surface area contributed by atoms with Gasteiger partial charge in [-0.05, 0) is 97.0 Å². The molecule has 4 atom stereocenters. The van der Waals surface area contributed by atoms with Gasteiger partial charge in [0.25, 0.3) is 0 Å². The molecule has 0 saturated heterocycles. The molecule has 2 aromatic rings. The second-order valence-electron chi connectivity index (χ2n) is 18.1. The summed E-state index contributed by atoms with van der Waals surface area (Å²) in [7, 11) is -3.63. The molecule has 6 rings (SSSR count). The van der Waals surface area contributed by atoms with Gasteiger partial charge in [-0.2, -0.15) is 0 Å². The minimum Gasteiger partial charge on any atom is -0.474 e. The van der Waals surface area contributed by atoms with E-state index in [-0.39, 0.29) is 34.4 Å². The fourth-order valence-electron chi connectivity index (χ4n) is 7.45. The van der Waals surface area contributed by atoms with Crippen LogP contribution in [0.15, 0.2) is 58.5 Å². The smallest absolute Gasteiger partial charge is 0.200 e. The van der Waals surface area contributed by atoms with Crippen LogP contribution >= 0.6 is 0 Å². The molecule has 0 aromatic heterocycles. The quantitative estimate of drug-likeness (QED) is 0.145. The molecule has 4 aliphatic rings. The molecule has 2 aliphatic carbocycles. The van der Waals surface area contributed by atoms with Crippen molar-refractivity contribution in [2.45, 2.75) is 153 Å². The van der Waals surface area contributed by atoms with Gasteiger partial charge >= 0.3 is 0 Å². The van der Waals surface area contributed by atoms with Crippen LogP contribution in [-0.4, -0.2) is 53.9 Å². The fraction of sp³-hybridized carbons (Fsp3) is 0.659. The van der Waals surface area contributed by atoms with Crippen LogP contribution in [0.5, 0.6) is 0 Å². The Morgan fingerprint density at radius 3 is 1.39 bits per heavy atom. The van der Waals surface area contributed by atoms with E-state index in [4.69, 9.17) is 28.3 Å². The molecule has 2 heterocycles. The molecule has 0 saturated carbocycles. The topological polar surface area (TPSA) is 61.6 Å². The summed E-state index contributed by atoms with van der Waals surface area (Å²) in [6, 6.07) is 17.5. The molecule has 49 heavy (non-hydrogen) atoms. The first-order chi connectivity index (χ1) is 23.0. The Morgan fingerprint density at radius 2 is 1.00 bits per heavy atom. The second-order valence-corrected chi connectivity index (χ2v) is 27.7. The highest BCUT2D eigenvalue weighted by Gasteiger charge is 2.54. The lowest BCUT2D eigenvalue weighted by atomic mass is 9.77. The van der Waals surface area contributed by atoms with Crippen molar-refractivity contribution in [2.75, 3.05) is 13.2 Å². The van der Waals surface area contributed by atoms with Crippen LogP contribution < -0.4 is 0 Å². The Bertz CT molecular complexity index is 1440. The third kappa shape index (κ3) is 7.26. The van der Waals surface area contributed by atoms with Gasteiger partial charge in [-0.1, -0.05) is 90.1 Å². The standard InChI is InChI=1S/C41H62N2O4Si2/c1-39(2,3)48(7,8)44-25-17-15-23-41(24-16-18-26-45-49(9,10)40(4,5)6,37-42-35-31-21-13-11-19-29(31)27-33(35)46-37)38-43-36-32-22-14-12-20-30(32)28-34(36)47-38/h11-14,19-22,33-36H,15-18,23-28H2,1-10H3/t33-,34-,35+,36+/m0/s1. The van der Waals surface area contributed by atoms with Gasteiger partial charge in [-0.15, -0.1) is 0 Å². The van der Waals surface area contributed by atoms with Crippen molar-refractivity contribution < 1.29 is 18.3 Å². The van der Waals surface area contributed by atoms with Crippen molar-refractivity contribution in [3.63, 3.8) is 0 Å². The number of benzene rings is 2. The number of rotatable bonds is 14. The van der Waals surface area contributed by atoms with E-state index >= 15 is 0 Å². The summed E-state index contributed by atoms with van der Waals surface area (Å²) >= 11 is 0. The lowest BCUT2D eigenvalue weighted by molar-refractivity contribution is 0.152. The van der Waals surface area contributed by atoms with Crippen LogP contribution in [0, 0.1) is 5.41 Å². The molecule has 0 fully saturated rings. The highest BCUT2D eigenvalue weighted by molar-refractivity contribution is 6.74. The SMILES string of the molecule is CC(C)(C)[Si](C)(C)OCCCCC(CCCCO[Si](C)(C)C(C)(C)C)(C1=N[C@@H]2c3ccccc3C[C@@H]2O1)C1=N[C@@H]2c3ccccc3C[C@@H]2O1. The first-order valence-electron chi connectivity index (χ1n) is 19.0. The maximum absolute atomic E-state index is 6.99. The van der Waals surface area contributed by atoms with Crippen molar-refractivity contribution in [1.29, 1.82) is 0 Å². The zero-order valence-electron chi connectivity index (χ0n) is 32.0. The molecule has 0 spiro atoms. The molecule has 8 heteroatoms. The molecule has 0 radical (unpaired) electrons. The first kappa shape index (κ1) is 36.5. The van der Waals surface area contributed by atoms with Gasteiger partial charge < -0.3 is 18.3 Å². The number of unbranched alkanes of at least 4 members (excludes halogenated alkanes) is 2. The van der Waals surface area contributed by atoms with E-state index in [1.165, 1.54) is 22.3 Å². The van der Waals surface area contributed by atoms with Crippen molar-refractivity contribution in [3.05, 3.63) is 70.8 Å². The minimum absolute atomic E-state index is 0.0386. The Balaban J connectivity index is 1.29. The number of fused-ring (bicyclic) bond motifs is 6. The molecule has 2 aromatic carbocycles. The number of aliphatic imine (C=N–C) groups is 2. The average molecular weight is 703 g/mol. The lowest BCUT2D eigenvalue weighted by Crippen LogP contribution is -2.43. The third-order valence-electron chi connectivity index (χ3n) is 12.7. The van der Waals surface area contributed by atoms with E-state index in [0.717, 1.165) is 76.4 Å². The van der Waals surface area contributed by atoms with Crippen LogP contribution in [0.2, 0.25) is 36.3 Å². The van der Waals surface area contributed by atoms with E-state index in [1.807, 2.05) is 0 Å². The number of ether oxygens (including phenoxy) is 2. The predicted molar refractivity (Wildman–Crippen MR) is 207 cm³/mol. The third-order valence-corrected chi connectivity index (χ3v) is 21.8. The predicted octanol–water partition coefficient (Wildman–Crippen LogP) is 10.5. The Morgan fingerprint density at radius 1 is 0.612 bits per heavy atom. The van der Waals surface area contributed by atoms with Gasteiger partial charge in [-0.25, -0.2) is 9.98 Å². The summed E-state index contributed by atoms with van der Waals surface area (Å²) < 4.78 is 27.2. The summed E-state index contributed by atoms with van der Waals surface area (Å²) in [5, 5.41) is 0.397. The zero-order chi connectivity index (χ0) is 35.2. The van der Waals surface area contributed by atoms with Gasteiger partial charge in [0.1, 0.15) is 29.7 Å². The monoisotopic (exact) mass is 702 g/mol. The van der Waals surface area contributed by atoms with Crippen LogP contribution in [-0.2, 0) is 31.2 Å². The van der Waals surface area contributed by atoms with Crippen molar-refractivity contribution >= 4 is 28.4 Å². The van der Waals surface area contributed by atoms with Gasteiger partial charge in [0.05, 0.1) is 0 Å². The number of hydrogen-bond donors (Lipinski definition) is 0. The number of nitrogens with zero attached hydrogens (tertiary/aromatic N) is 2. The van der Waals surface area contributed by atoms with Crippen molar-refractivity contribution in [2.24, 2.45) is 15.4 Å². The summed E-state index contributed by atoms with van der Waals surface area (Å²) in [6.07, 6.45) is 7.63. The second kappa shape index (κ2) is 13.7. The fourth-order valence-corrected chi connectivity index (χ4v) is 9.63. The van der Waals surface area contributed by atoms with Crippen LogP contribution in [0.4, 0.5) is 0 Å². The largest absolute Gasteiger partial charge is 0.474 e. The van der Waals surface area contributed by atoms with E-state index < -0.39 is 22.0 Å². The highest BCUT2D eigenvalue weighted by atomic mass is 28.4. The summed E-state index contributed by atoms with van der Waals surface area (Å²) in [5.41, 5.74) is 4.82. The van der Waals surface area contributed by atoms with Crippen molar-refractivity contribution in [3.8, 4) is 0 Å². The molecule has 0 unspecified atom stereocenters. The summed E-state index contributed by atoms with van der Waals surface area (Å²) in [4.78, 5) is 10.9. The Labute approximate surface area is 298 Å². The van der Waals surface area contributed by atoms with Crippen LogP contribution in [0.3, 0.4) is 0 Å². The molecule has 268 valence electrons. The van der Waals surface area contributed by atoms with Crippen LogP contribution in [0.1, 0.15) is 114 Å². The van der Waals surface area contributed by atoms with Crippen molar-refractivity contribution in [1.82, 2.24) is 0 Å². The normalized spacial score (nSPS) is 23.3. The zero-order valence-corrected chi connectivity index (χ0v) is 34.0. The Hall–Kier alpha value is -2.27. The average Bonchev–Trinajstić information content (AvgIpc) is 3.78. The van der Waals surface area contributed by atoms with Crippen LogP contribution in [0.25, 0.3) is 0 Å². The maximum atomic E-state index is 6.99. The Kier molecular flexibility index (Phi) is 10.2. The molecule has 0 amide bonds. The molecule has 0 N–H and O–H groups in total. The summed E-state index contributed by atoms with van der Waals surface area (Å²) in [6.45, 7) is 24.8. The van der Waals surface area contributed by atoms with Gasteiger partial charge in [0.15, 0.2) is 28.4 Å². The van der Waals surface area contributed by atoms with E-state index in [2.05, 4.69) is 116 Å².